The van der Waals surface area contributed by atoms with Crippen LogP contribution in [0.5, 0.6) is 5.75 Å². The molecule has 1 amide bonds. The van der Waals surface area contributed by atoms with E-state index in [2.05, 4.69) is 10.2 Å². The number of hydrogen-bond acceptors (Lipinski definition) is 3. The van der Waals surface area contributed by atoms with Crippen molar-refractivity contribution in [1.29, 1.82) is 0 Å². The number of hydrogen-bond donors (Lipinski definition) is 2. The van der Waals surface area contributed by atoms with Crippen molar-refractivity contribution in [3.8, 4) is 5.75 Å². The summed E-state index contributed by atoms with van der Waals surface area (Å²) in [4.78, 5) is 14.2. The molecule has 2 N–H and O–H groups in total. The molecule has 1 aliphatic rings. The van der Waals surface area contributed by atoms with E-state index >= 15 is 0 Å². The van der Waals surface area contributed by atoms with Gasteiger partial charge in [0.05, 0.1) is 6.42 Å². The molecule has 2 rings (SSSR count). The minimum absolute atomic E-state index is 0.0503. The molecular formula is C16H24N2O2. The molecule has 1 saturated heterocycles. The predicted molar refractivity (Wildman–Crippen MR) is 79.7 cm³/mol. The number of likely N-dealkylation sites (tertiary alicyclic amines) is 1. The third kappa shape index (κ3) is 5.21. The number of carbonyl (C=O) groups is 1. The van der Waals surface area contributed by atoms with Crippen LogP contribution in [0.3, 0.4) is 0 Å². The van der Waals surface area contributed by atoms with Gasteiger partial charge in [0.2, 0.25) is 5.91 Å². The molecule has 0 aliphatic carbocycles. The predicted octanol–water partition coefficient (Wildman–Crippen LogP) is 1.93. The first-order chi connectivity index (χ1) is 9.74. The van der Waals surface area contributed by atoms with E-state index in [1.54, 1.807) is 24.3 Å². The molecule has 1 aromatic rings. The Bertz CT molecular complexity index is 411. The van der Waals surface area contributed by atoms with Gasteiger partial charge in [-0.25, -0.2) is 0 Å². The molecule has 0 saturated carbocycles. The number of nitrogens with one attached hydrogen (secondary N) is 1. The molecule has 0 unspecified atom stereocenters. The number of phenolic OH excluding ortho intramolecular Hbond substituents is 1. The van der Waals surface area contributed by atoms with Crippen molar-refractivity contribution >= 4 is 5.91 Å². The van der Waals surface area contributed by atoms with Gasteiger partial charge in [0.25, 0.3) is 0 Å². The summed E-state index contributed by atoms with van der Waals surface area (Å²) in [7, 11) is 0. The monoisotopic (exact) mass is 276 g/mol. The van der Waals surface area contributed by atoms with Crippen LogP contribution in [0.1, 0.15) is 31.2 Å². The number of benzene rings is 1. The number of nitrogens with zero attached hydrogens (tertiary/aromatic N) is 1. The maximum absolute atomic E-state index is 11.8. The Morgan fingerprint density at radius 3 is 2.55 bits per heavy atom. The Balaban J connectivity index is 1.59. The summed E-state index contributed by atoms with van der Waals surface area (Å²) in [5.41, 5.74) is 0.927. The van der Waals surface area contributed by atoms with Gasteiger partial charge in [0, 0.05) is 6.54 Å². The summed E-state index contributed by atoms with van der Waals surface area (Å²) in [6, 6.07) is 6.78. The van der Waals surface area contributed by atoms with Crippen LogP contribution >= 0.6 is 0 Å². The third-order valence-corrected chi connectivity index (χ3v) is 3.72. The first kappa shape index (κ1) is 14.9. The largest absolute Gasteiger partial charge is 0.508 e. The van der Waals surface area contributed by atoms with Gasteiger partial charge in [0.1, 0.15) is 5.75 Å². The highest BCUT2D eigenvalue weighted by Crippen LogP contribution is 2.10. The van der Waals surface area contributed by atoms with Gasteiger partial charge < -0.3 is 15.3 Å². The molecule has 0 atom stereocenters. The van der Waals surface area contributed by atoms with E-state index in [4.69, 9.17) is 0 Å². The lowest BCUT2D eigenvalue weighted by atomic mass is 10.1. The highest BCUT2D eigenvalue weighted by Gasteiger charge is 2.09. The molecule has 0 radical (unpaired) electrons. The Morgan fingerprint density at radius 2 is 1.85 bits per heavy atom. The highest BCUT2D eigenvalue weighted by molar-refractivity contribution is 5.78. The fraction of sp³-hybridized carbons (Fsp3) is 0.562. The van der Waals surface area contributed by atoms with Crippen molar-refractivity contribution in [1.82, 2.24) is 10.2 Å². The van der Waals surface area contributed by atoms with E-state index in [9.17, 15) is 9.90 Å². The summed E-state index contributed by atoms with van der Waals surface area (Å²) in [5, 5.41) is 12.1. The number of aromatic hydroxyl groups is 1. The van der Waals surface area contributed by atoms with Crippen molar-refractivity contribution in [3.05, 3.63) is 29.8 Å². The second kappa shape index (κ2) is 7.90. The van der Waals surface area contributed by atoms with Gasteiger partial charge in [-0.05, 0) is 56.6 Å². The smallest absolute Gasteiger partial charge is 0.224 e. The molecule has 1 aromatic carbocycles. The number of phenols is 1. The topological polar surface area (TPSA) is 52.6 Å². The van der Waals surface area contributed by atoms with Gasteiger partial charge in [-0.15, -0.1) is 0 Å². The van der Waals surface area contributed by atoms with Crippen molar-refractivity contribution in [2.45, 2.75) is 32.1 Å². The van der Waals surface area contributed by atoms with Crippen molar-refractivity contribution in [3.63, 3.8) is 0 Å². The Labute approximate surface area is 120 Å². The van der Waals surface area contributed by atoms with E-state index in [1.807, 2.05) is 0 Å². The Kier molecular flexibility index (Phi) is 5.87. The van der Waals surface area contributed by atoms with Crippen molar-refractivity contribution in [2.75, 3.05) is 26.2 Å². The van der Waals surface area contributed by atoms with Crippen LogP contribution in [0.15, 0.2) is 24.3 Å². The number of amides is 1. The van der Waals surface area contributed by atoms with Gasteiger partial charge in [-0.3, -0.25) is 4.79 Å². The molecule has 4 heteroatoms. The van der Waals surface area contributed by atoms with Gasteiger partial charge >= 0.3 is 0 Å². The first-order valence-corrected chi connectivity index (χ1v) is 7.51. The molecule has 110 valence electrons. The van der Waals surface area contributed by atoms with Gasteiger partial charge in [-0.1, -0.05) is 18.6 Å². The molecule has 0 bridgehead atoms. The minimum atomic E-state index is 0.0503. The lowest BCUT2D eigenvalue weighted by Crippen LogP contribution is -2.33. The summed E-state index contributed by atoms with van der Waals surface area (Å²) < 4.78 is 0. The minimum Gasteiger partial charge on any atom is -0.508 e. The van der Waals surface area contributed by atoms with E-state index in [-0.39, 0.29) is 11.7 Å². The summed E-state index contributed by atoms with van der Waals surface area (Å²) in [6.07, 6.45) is 5.38. The number of rotatable bonds is 6. The normalized spacial score (nSPS) is 16.0. The second-order valence-corrected chi connectivity index (χ2v) is 5.45. The van der Waals surface area contributed by atoms with Crippen LogP contribution in [0.25, 0.3) is 0 Å². The Hall–Kier alpha value is -1.55. The van der Waals surface area contributed by atoms with Crippen molar-refractivity contribution in [2.24, 2.45) is 0 Å². The zero-order chi connectivity index (χ0) is 14.2. The third-order valence-electron chi connectivity index (χ3n) is 3.72. The summed E-state index contributed by atoms with van der Waals surface area (Å²) in [6.45, 7) is 4.25. The van der Waals surface area contributed by atoms with Gasteiger partial charge in [-0.2, -0.15) is 0 Å². The van der Waals surface area contributed by atoms with E-state index in [0.717, 1.165) is 25.1 Å². The SMILES string of the molecule is O=C(Cc1ccc(O)cc1)NCCCN1CCCCC1. The molecule has 0 spiro atoms. The molecule has 1 aliphatic heterocycles. The highest BCUT2D eigenvalue weighted by atomic mass is 16.3. The lowest BCUT2D eigenvalue weighted by molar-refractivity contribution is -0.120. The maximum atomic E-state index is 11.8. The Morgan fingerprint density at radius 1 is 1.15 bits per heavy atom. The second-order valence-electron chi connectivity index (χ2n) is 5.45. The average Bonchev–Trinajstić information content (AvgIpc) is 2.47. The zero-order valence-corrected chi connectivity index (χ0v) is 12.0. The van der Waals surface area contributed by atoms with Crippen LogP contribution in [-0.4, -0.2) is 42.1 Å². The fourth-order valence-electron chi connectivity index (χ4n) is 2.58. The lowest BCUT2D eigenvalue weighted by Gasteiger charge is -2.26. The molecule has 1 fully saturated rings. The van der Waals surface area contributed by atoms with Crippen LogP contribution < -0.4 is 5.32 Å². The standard InChI is InChI=1S/C16H24N2O2/c19-15-7-5-14(6-8-15)13-16(20)17-9-4-12-18-10-2-1-3-11-18/h5-8,19H,1-4,9-13H2,(H,17,20). The maximum Gasteiger partial charge on any atom is 0.224 e. The number of carbonyl (C=O) groups excluding carboxylic acids is 1. The molecule has 0 aromatic heterocycles. The molecule has 20 heavy (non-hydrogen) atoms. The molecule has 4 nitrogen and oxygen atoms in total. The zero-order valence-electron chi connectivity index (χ0n) is 12.0. The fourth-order valence-corrected chi connectivity index (χ4v) is 2.58. The van der Waals surface area contributed by atoms with Gasteiger partial charge in [0.15, 0.2) is 0 Å². The van der Waals surface area contributed by atoms with E-state index in [1.165, 1.54) is 32.4 Å². The van der Waals surface area contributed by atoms with Crippen LogP contribution in [0.4, 0.5) is 0 Å². The van der Waals surface area contributed by atoms with E-state index < -0.39 is 0 Å². The quantitative estimate of drug-likeness (QED) is 0.781. The molecule has 1 heterocycles. The van der Waals surface area contributed by atoms with Crippen molar-refractivity contribution < 1.29 is 9.90 Å². The molecular weight excluding hydrogens is 252 g/mol. The summed E-state index contributed by atoms with van der Waals surface area (Å²) >= 11 is 0. The number of piperidine rings is 1. The van der Waals surface area contributed by atoms with Crippen LogP contribution in [0, 0.1) is 0 Å². The summed E-state index contributed by atoms with van der Waals surface area (Å²) in [5.74, 6) is 0.282. The average molecular weight is 276 g/mol. The van der Waals surface area contributed by atoms with Crippen LogP contribution in [0.2, 0.25) is 0 Å². The first-order valence-electron chi connectivity index (χ1n) is 7.51. The van der Waals surface area contributed by atoms with E-state index in [0.29, 0.717) is 6.42 Å². The van der Waals surface area contributed by atoms with Crippen LogP contribution in [-0.2, 0) is 11.2 Å².